The molecule has 1 nitrogen and oxygen atoms in total. The molecule has 0 amide bonds. The molecule has 1 heterocycles. The van der Waals surface area contributed by atoms with E-state index in [0.29, 0.717) is 11.9 Å². The molecule has 0 N–H and O–H groups in total. The van der Waals surface area contributed by atoms with Gasteiger partial charge >= 0.3 is 0 Å². The average Bonchev–Trinajstić information content (AvgIpc) is 2.30. The van der Waals surface area contributed by atoms with E-state index in [9.17, 15) is 0 Å². The van der Waals surface area contributed by atoms with Crippen LogP contribution in [0.4, 0.5) is 5.69 Å². The maximum Gasteiger partial charge on any atom is 0.0642 e. The van der Waals surface area contributed by atoms with Gasteiger partial charge in [-0.3, -0.25) is 0 Å². The molecule has 0 bridgehead atoms. The second kappa shape index (κ2) is 5.49. The highest BCUT2D eigenvalue weighted by molar-refractivity contribution is 6.33. The van der Waals surface area contributed by atoms with E-state index in [0.717, 1.165) is 28.7 Å². The second-order valence-electron chi connectivity index (χ2n) is 5.09. The monoisotopic (exact) mass is 271 g/mol. The van der Waals surface area contributed by atoms with E-state index < -0.39 is 0 Å². The van der Waals surface area contributed by atoms with E-state index in [-0.39, 0.29) is 0 Å². The Balaban J connectivity index is 2.22. The van der Waals surface area contributed by atoms with Gasteiger partial charge in [-0.15, -0.1) is 11.6 Å². The maximum absolute atomic E-state index is 6.34. The number of benzene rings is 1. The van der Waals surface area contributed by atoms with E-state index in [4.69, 9.17) is 23.2 Å². The van der Waals surface area contributed by atoms with E-state index in [2.05, 4.69) is 30.9 Å². The van der Waals surface area contributed by atoms with Crippen LogP contribution in [-0.4, -0.2) is 12.6 Å². The van der Waals surface area contributed by atoms with Gasteiger partial charge in [0, 0.05) is 18.5 Å². The number of alkyl halides is 1. The zero-order valence-corrected chi connectivity index (χ0v) is 11.9. The highest BCUT2D eigenvalue weighted by atomic mass is 35.5. The Hall–Kier alpha value is -0.400. The summed E-state index contributed by atoms with van der Waals surface area (Å²) in [5.41, 5.74) is 2.23. The first-order valence-corrected chi connectivity index (χ1v) is 7.14. The third-order valence-electron chi connectivity index (χ3n) is 3.61. The van der Waals surface area contributed by atoms with Crippen molar-refractivity contribution in [3.05, 3.63) is 28.8 Å². The smallest absolute Gasteiger partial charge is 0.0642 e. The predicted molar refractivity (Wildman–Crippen MR) is 76.2 cm³/mol. The molecule has 2 atom stereocenters. The average molecular weight is 272 g/mol. The van der Waals surface area contributed by atoms with Gasteiger partial charge < -0.3 is 4.90 Å². The van der Waals surface area contributed by atoms with Crippen LogP contribution in [0, 0.1) is 5.92 Å². The fourth-order valence-corrected chi connectivity index (χ4v) is 3.11. The van der Waals surface area contributed by atoms with Crippen molar-refractivity contribution in [3.63, 3.8) is 0 Å². The molecule has 1 fully saturated rings. The van der Waals surface area contributed by atoms with Crippen molar-refractivity contribution in [2.75, 3.05) is 11.4 Å². The molecule has 1 saturated heterocycles. The number of piperidine rings is 1. The quantitative estimate of drug-likeness (QED) is 0.705. The van der Waals surface area contributed by atoms with E-state index in [1.54, 1.807) is 0 Å². The van der Waals surface area contributed by atoms with Crippen LogP contribution in [0.2, 0.25) is 5.02 Å². The summed E-state index contributed by atoms with van der Waals surface area (Å²) in [5, 5.41) is 0.824. The molecule has 1 aromatic carbocycles. The molecular formula is C14H19Cl2N. The fraction of sp³-hybridized carbons (Fsp3) is 0.571. The van der Waals surface area contributed by atoms with Gasteiger partial charge in [0.15, 0.2) is 0 Å². The largest absolute Gasteiger partial charge is 0.368 e. The molecule has 2 unspecified atom stereocenters. The lowest BCUT2D eigenvalue weighted by Gasteiger charge is -2.38. The topological polar surface area (TPSA) is 3.24 Å². The van der Waals surface area contributed by atoms with Crippen molar-refractivity contribution in [1.29, 1.82) is 0 Å². The Morgan fingerprint density at radius 3 is 2.71 bits per heavy atom. The highest BCUT2D eigenvalue weighted by Crippen LogP contribution is 2.33. The minimum absolute atomic E-state index is 0.520. The number of halogens is 2. The molecule has 0 spiro atoms. The summed E-state index contributed by atoms with van der Waals surface area (Å²) in [5.74, 6) is 1.34. The summed E-state index contributed by atoms with van der Waals surface area (Å²) in [6.45, 7) is 5.70. The van der Waals surface area contributed by atoms with Gasteiger partial charge in [0.05, 0.1) is 10.7 Å². The van der Waals surface area contributed by atoms with Crippen molar-refractivity contribution in [3.8, 4) is 0 Å². The first kappa shape index (κ1) is 13.0. The lowest BCUT2D eigenvalue weighted by Crippen LogP contribution is -2.40. The molecule has 0 aromatic heterocycles. The zero-order chi connectivity index (χ0) is 12.4. The minimum atomic E-state index is 0.520. The van der Waals surface area contributed by atoms with Gasteiger partial charge in [0.25, 0.3) is 0 Å². The molecule has 2 rings (SSSR count). The van der Waals surface area contributed by atoms with Gasteiger partial charge in [0.1, 0.15) is 0 Å². The molecule has 17 heavy (non-hydrogen) atoms. The fourth-order valence-electron chi connectivity index (χ4n) is 2.63. The lowest BCUT2D eigenvalue weighted by molar-refractivity contribution is 0.378. The lowest BCUT2D eigenvalue weighted by atomic mass is 9.93. The molecule has 94 valence electrons. The Bertz CT molecular complexity index is 392. The maximum atomic E-state index is 6.34. The van der Waals surface area contributed by atoms with Crippen LogP contribution in [0.1, 0.15) is 32.3 Å². The van der Waals surface area contributed by atoms with Crippen molar-refractivity contribution < 1.29 is 0 Å². The molecule has 1 aromatic rings. The third-order valence-corrected chi connectivity index (χ3v) is 4.23. The third kappa shape index (κ3) is 2.89. The first-order valence-electron chi connectivity index (χ1n) is 6.23. The van der Waals surface area contributed by atoms with E-state index in [1.165, 1.54) is 12.8 Å². The number of rotatable bonds is 2. The zero-order valence-electron chi connectivity index (χ0n) is 10.4. The van der Waals surface area contributed by atoms with Crippen LogP contribution in [0.15, 0.2) is 18.2 Å². The summed E-state index contributed by atoms with van der Waals surface area (Å²) in [7, 11) is 0. The molecule has 0 radical (unpaired) electrons. The van der Waals surface area contributed by atoms with Crippen molar-refractivity contribution >= 4 is 28.9 Å². The van der Waals surface area contributed by atoms with Gasteiger partial charge in [0.2, 0.25) is 0 Å². The van der Waals surface area contributed by atoms with Crippen molar-refractivity contribution in [2.24, 2.45) is 5.92 Å². The number of hydrogen-bond donors (Lipinski definition) is 0. The normalized spacial score (nSPS) is 25.1. The summed E-state index contributed by atoms with van der Waals surface area (Å²) < 4.78 is 0. The number of anilines is 1. The van der Waals surface area contributed by atoms with Gasteiger partial charge in [-0.05, 0) is 43.4 Å². The van der Waals surface area contributed by atoms with Crippen LogP contribution in [0.25, 0.3) is 0 Å². The van der Waals surface area contributed by atoms with Gasteiger partial charge in [-0.2, -0.15) is 0 Å². The van der Waals surface area contributed by atoms with Crippen LogP contribution in [-0.2, 0) is 5.88 Å². The first-order chi connectivity index (χ1) is 8.11. The number of nitrogens with zero attached hydrogens (tertiary/aromatic N) is 1. The van der Waals surface area contributed by atoms with Gasteiger partial charge in [-0.25, -0.2) is 0 Å². The van der Waals surface area contributed by atoms with Crippen molar-refractivity contribution in [2.45, 2.75) is 38.6 Å². The van der Waals surface area contributed by atoms with Gasteiger partial charge in [-0.1, -0.05) is 24.6 Å². The second-order valence-corrected chi connectivity index (χ2v) is 5.77. The predicted octanol–water partition coefficient (Wildman–Crippen LogP) is 4.70. The van der Waals surface area contributed by atoms with E-state index in [1.807, 2.05) is 6.07 Å². The Kier molecular flexibility index (Phi) is 4.22. The summed E-state index contributed by atoms with van der Waals surface area (Å²) in [4.78, 5) is 2.42. The standard InChI is InChI=1S/C14H19Cl2N/c1-10-5-6-17(11(2)7-10)14-4-3-12(9-15)8-13(14)16/h3-4,8,10-11H,5-7,9H2,1-2H3. The summed E-state index contributed by atoms with van der Waals surface area (Å²) in [6, 6.07) is 6.72. The summed E-state index contributed by atoms with van der Waals surface area (Å²) in [6.07, 6.45) is 2.49. The molecule has 3 heteroatoms. The molecule has 0 saturated carbocycles. The van der Waals surface area contributed by atoms with E-state index >= 15 is 0 Å². The molecule has 1 aliphatic heterocycles. The molecule has 1 aliphatic rings. The number of hydrogen-bond acceptors (Lipinski definition) is 1. The molecular weight excluding hydrogens is 253 g/mol. The van der Waals surface area contributed by atoms with Crippen molar-refractivity contribution in [1.82, 2.24) is 0 Å². The highest BCUT2D eigenvalue weighted by Gasteiger charge is 2.24. The Morgan fingerprint density at radius 2 is 2.12 bits per heavy atom. The Morgan fingerprint density at radius 1 is 1.35 bits per heavy atom. The minimum Gasteiger partial charge on any atom is -0.368 e. The molecule has 0 aliphatic carbocycles. The van der Waals surface area contributed by atoms with Crippen LogP contribution < -0.4 is 4.90 Å². The van der Waals surface area contributed by atoms with Crippen LogP contribution in [0.3, 0.4) is 0 Å². The van der Waals surface area contributed by atoms with Crippen LogP contribution >= 0.6 is 23.2 Å². The summed E-state index contributed by atoms with van der Waals surface area (Å²) >= 11 is 12.2. The SMILES string of the molecule is CC1CCN(c2ccc(CCl)cc2Cl)C(C)C1. The Labute approximate surface area is 114 Å². The van der Waals surface area contributed by atoms with Crippen LogP contribution in [0.5, 0.6) is 0 Å².